The van der Waals surface area contributed by atoms with E-state index in [9.17, 15) is 4.79 Å². The van der Waals surface area contributed by atoms with E-state index < -0.39 is 0 Å². The zero-order chi connectivity index (χ0) is 13.0. The van der Waals surface area contributed by atoms with Crippen LogP contribution in [0.25, 0.3) is 0 Å². The van der Waals surface area contributed by atoms with Crippen molar-refractivity contribution in [2.75, 3.05) is 7.05 Å². The summed E-state index contributed by atoms with van der Waals surface area (Å²) in [5.41, 5.74) is 1.03. The van der Waals surface area contributed by atoms with Gasteiger partial charge in [-0.15, -0.1) is 0 Å². The number of carbonyl (C=O) groups is 1. The second-order valence-electron chi connectivity index (χ2n) is 4.27. The van der Waals surface area contributed by atoms with Crippen molar-refractivity contribution >= 4 is 17.7 Å². The van der Waals surface area contributed by atoms with E-state index in [4.69, 9.17) is 16.3 Å². The van der Waals surface area contributed by atoms with Gasteiger partial charge >= 0.3 is 6.09 Å². The predicted octanol–water partition coefficient (Wildman–Crippen LogP) is 3.88. The molecule has 1 atom stereocenters. The van der Waals surface area contributed by atoms with Crippen molar-refractivity contribution in [1.29, 1.82) is 0 Å². The average molecular weight is 256 g/mol. The van der Waals surface area contributed by atoms with E-state index in [0.717, 1.165) is 5.56 Å². The summed E-state index contributed by atoms with van der Waals surface area (Å²) in [4.78, 5) is 13.3. The summed E-state index contributed by atoms with van der Waals surface area (Å²) in [5.74, 6) is 0. The lowest BCUT2D eigenvalue weighted by Crippen LogP contribution is -2.31. The Hall–Kier alpha value is -1.22. The lowest BCUT2D eigenvalue weighted by Gasteiger charge is -2.25. The number of nitrogens with zero attached hydrogens (tertiary/aromatic N) is 1. The van der Waals surface area contributed by atoms with Gasteiger partial charge in [-0.2, -0.15) is 0 Å². The van der Waals surface area contributed by atoms with Gasteiger partial charge in [0.05, 0.1) is 12.1 Å². The number of carbonyl (C=O) groups excluding carboxylic acids is 1. The van der Waals surface area contributed by atoms with E-state index in [1.54, 1.807) is 11.9 Å². The minimum Gasteiger partial charge on any atom is -0.447 e. The molecule has 0 aliphatic heterocycles. The van der Waals surface area contributed by atoms with Crippen molar-refractivity contribution in [3.05, 3.63) is 34.9 Å². The molecule has 0 aliphatic rings. The average Bonchev–Trinajstić information content (AvgIpc) is 2.27. The Morgan fingerprint density at radius 1 is 1.24 bits per heavy atom. The third-order valence-electron chi connectivity index (χ3n) is 2.56. The highest BCUT2D eigenvalue weighted by Crippen LogP contribution is 2.21. The molecule has 0 fully saturated rings. The van der Waals surface area contributed by atoms with Gasteiger partial charge < -0.3 is 9.64 Å². The van der Waals surface area contributed by atoms with Crippen LogP contribution in [0.4, 0.5) is 4.79 Å². The summed E-state index contributed by atoms with van der Waals surface area (Å²) in [7, 11) is 1.73. The molecule has 0 radical (unpaired) electrons. The van der Waals surface area contributed by atoms with E-state index >= 15 is 0 Å². The van der Waals surface area contributed by atoms with E-state index in [0.29, 0.717) is 5.02 Å². The molecule has 0 N–H and O–H groups in total. The first kappa shape index (κ1) is 13.8. The van der Waals surface area contributed by atoms with Crippen LogP contribution < -0.4 is 0 Å². The van der Waals surface area contributed by atoms with Crippen molar-refractivity contribution in [1.82, 2.24) is 4.90 Å². The Labute approximate surface area is 107 Å². The first-order valence-electron chi connectivity index (χ1n) is 5.60. The highest BCUT2D eigenvalue weighted by atomic mass is 35.5. The van der Waals surface area contributed by atoms with Crippen molar-refractivity contribution in [2.24, 2.45) is 0 Å². The van der Waals surface area contributed by atoms with E-state index in [1.165, 1.54) is 0 Å². The van der Waals surface area contributed by atoms with Gasteiger partial charge in [-0.05, 0) is 38.5 Å². The number of hydrogen-bond donors (Lipinski definition) is 0. The summed E-state index contributed by atoms with van der Waals surface area (Å²) in [6.45, 7) is 5.61. The Bertz CT molecular complexity index is 376. The smallest absolute Gasteiger partial charge is 0.410 e. The monoisotopic (exact) mass is 255 g/mol. The van der Waals surface area contributed by atoms with Crippen LogP contribution in [0.5, 0.6) is 0 Å². The first-order valence-corrected chi connectivity index (χ1v) is 5.98. The normalized spacial score (nSPS) is 12.4. The molecular formula is C13H18ClNO2. The van der Waals surface area contributed by atoms with Crippen molar-refractivity contribution in [3.63, 3.8) is 0 Å². The van der Waals surface area contributed by atoms with Crippen LogP contribution in [0.1, 0.15) is 32.4 Å². The molecule has 0 spiro atoms. The molecule has 0 saturated carbocycles. The number of hydrogen-bond acceptors (Lipinski definition) is 2. The standard InChI is InChI=1S/C13H18ClNO2/c1-9(2)17-13(16)15(4)10(3)11-5-7-12(14)8-6-11/h5-10H,1-4H3. The maximum atomic E-state index is 11.7. The predicted molar refractivity (Wildman–Crippen MR) is 69.2 cm³/mol. The van der Waals surface area contributed by atoms with Gasteiger partial charge in [-0.1, -0.05) is 23.7 Å². The first-order chi connectivity index (χ1) is 7.91. The molecule has 4 heteroatoms. The minimum absolute atomic E-state index is 0.0430. The lowest BCUT2D eigenvalue weighted by atomic mass is 10.1. The molecule has 1 rings (SSSR count). The lowest BCUT2D eigenvalue weighted by molar-refractivity contribution is 0.0744. The van der Waals surface area contributed by atoms with Crippen LogP contribution in [-0.2, 0) is 4.74 Å². The van der Waals surface area contributed by atoms with Gasteiger partial charge in [0.15, 0.2) is 0 Å². The summed E-state index contributed by atoms with van der Waals surface area (Å²) < 4.78 is 5.14. The van der Waals surface area contributed by atoms with Gasteiger partial charge in [0.25, 0.3) is 0 Å². The van der Waals surface area contributed by atoms with Crippen LogP contribution >= 0.6 is 11.6 Å². The van der Waals surface area contributed by atoms with Crippen molar-refractivity contribution in [3.8, 4) is 0 Å². The Morgan fingerprint density at radius 2 is 1.76 bits per heavy atom. The molecule has 1 amide bonds. The number of ether oxygens (including phenoxy) is 1. The molecule has 1 unspecified atom stereocenters. The zero-order valence-electron chi connectivity index (χ0n) is 10.6. The number of halogens is 1. The SMILES string of the molecule is CC(C)OC(=O)N(C)C(C)c1ccc(Cl)cc1. The van der Waals surface area contributed by atoms with Crippen molar-refractivity contribution < 1.29 is 9.53 Å². The summed E-state index contributed by atoms with van der Waals surface area (Å²) in [6, 6.07) is 7.40. The highest BCUT2D eigenvalue weighted by molar-refractivity contribution is 6.30. The van der Waals surface area contributed by atoms with Gasteiger partial charge in [0, 0.05) is 12.1 Å². The molecule has 0 aromatic heterocycles. The van der Waals surface area contributed by atoms with E-state index in [-0.39, 0.29) is 18.2 Å². The van der Waals surface area contributed by atoms with Crippen LogP contribution in [0.2, 0.25) is 5.02 Å². The van der Waals surface area contributed by atoms with Crippen LogP contribution in [0, 0.1) is 0 Å². The summed E-state index contributed by atoms with van der Waals surface area (Å²) in [6.07, 6.45) is -0.426. The van der Waals surface area contributed by atoms with Gasteiger partial charge in [-0.3, -0.25) is 0 Å². The fourth-order valence-corrected chi connectivity index (χ4v) is 1.53. The Kier molecular flexibility index (Phi) is 4.82. The molecule has 1 aromatic carbocycles. The molecule has 3 nitrogen and oxygen atoms in total. The maximum Gasteiger partial charge on any atom is 0.410 e. The summed E-state index contributed by atoms with van der Waals surface area (Å²) >= 11 is 5.82. The molecule has 0 heterocycles. The molecular weight excluding hydrogens is 238 g/mol. The fraction of sp³-hybridized carbons (Fsp3) is 0.462. The molecule has 17 heavy (non-hydrogen) atoms. The summed E-state index contributed by atoms with van der Waals surface area (Å²) in [5, 5.41) is 0.688. The zero-order valence-corrected chi connectivity index (χ0v) is 11.4. The molecule has 0 aliphatic carbocycles. The molecule has 1 aromatic rings. The number of rotatable bonds is 3. The second-order valence-corrected chi connectivity index (χ2v) is 4.71. The Morgan fingerprint density at radius 3 is 2.24 bits per heavy atom. The number of amides is 1. The Balaban J connectivity index is 2.72. The van der Waals surface area contributed by atoms with Crippen LogP contribution in [0.15, 0.2) is 24.3 Å². The molecule has 0 saturated heterocycles. The topological polar surface area (TPSA) is 29.5 Å². The van der Waals surface area contributed by atoms with Crippen LogP contribution in [0.3, 0.4) is 0 Å². The minimum atomic E-state index is -0.317. The van der Waals surface area contributed by atoms with Crippen molar-refractivity contribution in [2.45, 2.75) is 32.9 Å². The maximum absolute atomic E-state index is 11.7. The fourth-order valence-electron chi connectivity index (χ4n) is 1.41. The van der Waals surface area contributed by atoms with Gasteiger partial charge in [0.1, 0.15) is 0 Å². The third-order valence-corrected chi connectivity index (χ3v) is 2.81. The highest BCUT2D eigenvalue weighted by Gasteiger charge is 2.19. The second kappa shape index (κ2) is 5.92. The largest absolute Gasteiger partial charge is 0.447 e. The van der Waals surface area contributed by atoms with Crippen LogP contribution in [-0.4, -0.2) is 24.1 Å². The third kappa shape index (κ3) is 3.93. The number of benzene rings is 1. The van der Waals surface area contributed by atoms with Gasteiger partial charge in [-0.25, -0.2) is 4.79 Å². The molecule has 0 bridgehead atoms. The quantitative estimate of drug-likeness (QED) is 0.820. The molecule has 94 valence electrons. The van der Waals surface area contributed by atoms with E-state index in [2.05, 4.69) is 0 Å². The van der Waals surface area contributed by atoms with Gasteiger partial charge in [0.2, 0.25) is 0 Å². The van der Waals surface area contributed by atoms with E-state index in [1.807, 2.05) is 45.0 Å².